The van der Waals surface area contributed by atoms with Crippen LogP contribution < -0.4 is 0 Å². The molecule has 3 heterocycles. The summed E-state index contributed by atoms with van der Waals surface area (Å²) < 4.78 is 25.2. The Morgan fingerprint density at radius 3 is 2.81 bits per heavy atom. The van der Waals surface area contributed by atoms with Gasteiger partial charge in [0.05, 0.1) is 11.5 Å². The van der Waals surface area contributed by atoms with Crippen LogP contribution >= 0.6 is 0 Å². The summed E-state index contributed by atoms with van der Waals surface area (Å²) in [6.07, 6.45) is 3.71. The van der Waals surface area contributed by atoms with E-state index < -0.39 is 9.84 Å². The van der Waals surface area contributed by atoms with Crippen molar-refractivity contribution in [3.05, 3.63) is 23.3 Å². The van der Waals surface area contributed by atoms with E-state index in [1.54, 1.807) is 9.42 Å². The third-order valence-electron chi connectivity index (χ3n) is 5.01. The summed E-state index contributed by atoms with van der Waals surface area (Å²) in [5.74, 6) is 0.824. The molecule has 0 N–H and O–H groups in total. The van der Waals surface area contributed by atoms with Crippen LogP contribution in [-0.4, -0.2) is 62.9 Å². The number of sulfone groups is 1. The molecule has 1 unspecified atom stereocenters. The van der Waals surface area contributed by atoms with Gasteiger partial charge in [-0.3, -0.25) is 4.79 Å². The molecule has 8 nitrogen and oxygen atoms in total. The van der Waals surface area contributed by atoms with E-state index in [9.17, 15) is 13.2 Å². The Balaban J connectivity index is 1.74. The number of aromatic nitrogens is 4. The molecule has 0 aromatic carbocycles. The van der Waals surface area contributed by atoms with E-state index in [0.717, 1.165) is 23.4 Å². The molecule has 9 heteroatoms. The zero-order valence-electron chi connectivity index (χ0n) is 15.5. The van der Waals surface area contributed by atoms with Crippen molar-refractivity contribution in [2.45, 2.75) is 52.5 Å². The first kappa shape index (κ1) is 18.8. The highest BCUT2D eigenvalue weighted by atomic mass is 32.2. The minimum Gasteiger partial charge on any atom is -0.339 e. The van der Waals surface area contributed by atoms with Gasteiger partial charge in [-0.25, -0.2) is 17.9 Å². The fourth-order valence-electron chi connectivity index (χ4n) is 3.67. The van der Waals surface area contributed by atoms with Crippen LogP contribution in [0.15, 0.2) is 6.33 Å². The maximum Gasteiger partial charge on any atom is 0.252 e. The summed E-state index contributed by atoms with van der Waals surface area (Å²) in [5, 5.41) is 4.17. The first-order valence-corrected chi connectivity index (χ1v) is 10.8. The van der Waals surface area contributed by atoms with Gasteiger partial charge in [0.25, 0.3) is 5.78 Å². The van der Waals surface area contributed by atoms with Gasteiger partial charge in [0.2, 0.25) is 5.91 Å². The van der Waals surface area contributed by atoms with E-state index in [4.69, 9.17) is 0 Å². The fraction of sp³-hybridized carbons (Fsp3) is 0.647. The lowest BCUT2D eigenvalue weighted by Gasteiger charge is -2.28. The number of aryl methyl sites for hydroxylation is 2. The molecule has 142 valence electrons. The summed E-state index contributed by atoms with van der Waals surface area (Å²) >= 11 is 0. The largest absolute Gasteiger partial charge is 0.339 e. The number of fused-ring (bicyclic) bond motifs is 1. The number of nitrogens with zero attached hydrogens (tertiary/aromatic N) is 5. The molecular formula is C17H25N5O3S. The topological polar surface area (TPSA) is 97.5 Å². The van der Waals surface area contributed by atoms with Crippen LogP contribution in [0.1, 0.15) is 43.1 Å². The molecule has 1 aliphatic rings. The fourth-order valence-corrected chi connectivity index (χ4v) is 5.40. The average molecular weight is 379 g/mol. The lowest BCUT2D eigenvalue weighted by molar-refractivity contribution is -0.133. The number of hydrogen-bond donors (Lipinski definition) is 0. The second-order valence-corrected chi connectivity index (χ2v) is 9.11. The Labute approximate surface area is 153 Å². The number of amides is 1. The summed E-state index contributed by atoms with van der Waals surface area (Å²) in [5.41, 5.74) is 2.77. The quantitative estimate of drug-likeness (QED) is 0.745. The van der Waals surface area contributed by atoms with Crippen LogP contribution in [0.25, 0.3) is 5.78 Å². The highest BCUT2D eigenvalue weighted by Gasteiger charge is 2.34. The molecular weight excluding hydrogens is 354 g/mol. The van der Waals surface area contributed by atoms with Crippen LogP contribution in [0.5, 0.6) is 0 Å². The van der Waals surface area contributed by atoms with E-state index in [1.165, 1.54) is 6.33 Å². The molecule has 0 aliphatic carbocycles. The Morgan fingerprint density at radius 1 is 1.38 bits per heavy atom. The molecule has 0 saturated carbocycles. The second kappa shape index (κ2) is 7.30. The molecule has 1 atom stereocenters. The van der Waals surface area contributed by atoms with Crippen molar-refractivity contribution in [3.63, 3.8) is 0 Å². The van der Waals surface area contributed by atoms with Gasteiger partial charge in [0, 0.05) is 30.4 Å². The predicted molar refractivity (Wildman–Crippen MR) is 97.6 cm³/mol. The normalized spacial score (nSPS) is 19.1. The highest BCUT2D eigenvalue weighted by Crippen LogP contribution is 2.21. The first-order chi connectivity index (χ1) is 12.3. The van der Waals surface area contributed by atoms with E-state index in [1.807, 2.05) is 20.8 Å². The van der Waals surface area contributed by atoms with Gasteiger partial charge >= 0.3 is 0 Å². The average Bonchev–Trinajstić information content (AvgIpc) is 3.18. The molecule has 2 aromatic heterocycles. The Bertz CT molecular complexity index is 922. The molecule has 0 spiro atoms. The monoisotopic (exact) mass is 379 g/mol. The van der Waals surface area contributed by atoms with Crippen molar-refractivity contribution in [2.24, 2.45) is 0 Å². The van der Waals surface area contributed by atoms with E-state index in [-0.39, 0.29) is 23.5 Å². The molecule has 0 bridgehead atoms. The molecule has 26 heavy (non-hydrogen) atoms. The third-order valence-corrected chi connectivity index (χ3v) is 6.76. The van der Waals surface area contributed by atoms with Gasteiger partial charge in [-0.15, -0.1) is 0 Å². The van der Waals surface area contributed by atoms with Crippen molar-refractivity contribution in [2.75, 3.05) is 18.1 Å². The maximum absolute atomic E-state index is 12.8. The number of hydrogen-bond acceptors (Lipinski definition) is 6. The van der Waals surface area contributed by atoms with Crippen molar-refractivity contribution < 1.29 is 13.2 Å². The zero-order chi connectivity index (χ0) is 18.9. The number of rotatable bonds is 6. The van der Waals surface area contributed by atoms with Gasteiger partial charge in [-0.05, 0) is 38.7 Å². The first-order valence-electron chi connectivity index (χ1n) is 8.98. The summed E-state index contributed by atoms with van der Waals surface area (Å²) in [4.78, 5) is 23.1. The highest BCUT2D eigenvalue weighted by molar-refractivity contribution is 7.91. The maximum atomic E-state index is 12.8. The van der Waals surface area contributed by atoms with Gasteiger partial charge < -0.3 is 4.90 Å². The molecule has 0 radical (unpaired) electrons. The summed E-state index contributed by atoms with van der Waals surface area (Å²) in [7, 11) is -3.01. The Kier molecular flexibility index (Phi) is 5.27. The molecule has 1 aliphatic heterocycles. The van der Waals surface area contributed by atoms with Gasteiger partial charge in [0.15, 0.2) is 9.84 Å². The third kappa shape index (κ3) is 3.72. The van der Waals surface area contributed by atoms with Crippen molar-refractivity contribution >= 4 is 21.5 Å². The van der Waals surface area contributed by atoms with Gasteiger partial charge in [-0.2, -0.15) is 10.1 Å². The second-order valence-electron chi connectivity index (χ2n) is 6.88. The SMILES string of the molecule is CCCN(C(=O)CCc1c(C)nc2ncnn2c1C)C1CCS(=O)(=O)C1. The lowest BCUT2D eigenvalue weighted by atomic mass is 10.1. The van der Waals surface area contributed by atoms with Gasteiger partial charge in [0.1, 0.15) is 6.33 Å². The van der Waals surface area contributed by atoms with Crippen LogP contribution in [0, 0.1) is 13.8 Å². The Hall–Kier alpha value is -2.03. The summed E-state index contributed by atoms with van der Waals surface area (Å²) in [6.45, 7) is 6.45. The van der Waals surface area contributed by atoms with E-state index in [2.05, 4.69) is 15.1 Å². The number of carbonyl (C=O) groups is 1. The smallest absolute Gasteiger partial charge is 0.252 e. The van der Waals surface area contributed by atoms with Crippen molar-refractivity contribution in [1.82, 2.24) is 24.5 Å². The standard InChI is InChI=1S/C17H25N5O3S/c1-4-8-21(14-7-9-26(24,25)10-14)16(23)6-5-15-12(2)20-17-18-11-19-22(17)13(15)3/h11,14H,4-10H2,1-3H3. The van der Waals surface area contributed by atoms with Crippen molar-refractivity contribution in [3.8, 4) is 0 Å². The van der Waals surface area contributed by atoms with Gasteiger partial charge in [-0.1, -0.05) is 6.92 Å². The summed E-state index contributed by atoms with van der Waals surface area (Å²) in [6, 6.07) is -0.189. The molecule has 1 amide bonds. The van der Waals surface area contributed by atoms with Crippen LogP contribution in [0.2, 0.25) is 0 Å². The van der Waals surface area contributed by atoms with E-state index >= 15 is 0 Å². The van der Waals surface area contributed by atoms with Crippen LogP contribution in [0.4, 0.5) is 0 Å². The van der Waals surface area contributed by atoms with Crippen LogP contribution in [0.3, 0.4) is 0 Å². The minimum atomic E-state index is -3.01. The zero-order valence-corrected chi connectivity index (χ0v) is 16.3. The minimum absolute atomic E-state index is 0.00596. The predicted octanol–water partition coefficient (Wildman–Crippen LogP) is 1.10. The molecule has 1 saturated heterocycles. The lowest BCUT2D eigenvalue weighted by Crippen LogP contribution is -2.41. The van der Waals surface area contributed by atoms with Crippen LogP contribution in [-0.2, 0) is 21.1 Å². The van der Waals surface area contributed by atoms with Crippen molar-refractivity contribution in [1.29, 1.82) is 0 Å². The Morgan fingerprint density at radius 2 is 2.15 bits per heavy atom. The molecule has 1 fully saturated rings. The molecule has 3 rings (SSSR count). The molecule has 2 aromatic rings. The van der Waals surface area contributed by atoms with E-state index in [0.29, 0.717) is 31.6 Å². The number of carbonyl (C=O) groups excluding carboxylic acids is 1.